The third-order valence-electron chi connectivity index (χ3n) is 4.92. The molecule has 2 aromatic rings. The minimum absolute atomic E-state index is 0.180. The summed E-state index contributed by atoms with van der Waals surface area (Å²) in [5.41, 5.74) is 1.40. The van der Waals surface area contributed by atoms with E-state index < -0.39 is 17.5 Å². The van der Waals surface area contributed by atoms with Gasteiger partial charge in [0, 0.05) is 30.5 Å². The number of carbonyl (C=O) groups is 1. The molecule has 4 nitrogen and oxygen atoms in total. The van der Waals surface area contributed by atoms with Gasteiger partial charge in [-0.1, -0.05) is 6.07 Å². The maximum absolute atomic E-state index is 13.8. The molecule has 1 aliphatic heterocycles. The first-order chi connectivity index (χ1) is 12.4. The third kappa shape index (κ3) is 4.19. The molecule has 1 heterocycles. The van der Waals surface area contributed by atoms with E-state index in [0.717, 1.165) is 43.8 Å². The predicted molar refractivity (Wildman–Crippen MR) is 99.7 cm³/mol. The van der Waals surface area contributed by atoms with Crippen molar-refractivity contribution >= 4 is 17.3 Å². The first-order valence-electron chi connectivity index (χ1n) is 8.72. The van der Waals surface area contributed by atoms with Gasteiger partial charge in [0.1, 0.15) is 11.6 Å². The number of nitrogens with one attached hydrogen (secondary N) is 1. The zero-order valence-corrected chi connectivity index (χ0v) is 15.0. The van der Waals surface area contributed by atoms with Crippen LogP contribution in [0.2, 0.25) is 0 Å². The number of carbonyl (C=O) groups excluding carboxylic acids is 1. The van der Waals surface area contributed by atoms with Crippen LogP contribution in [0.5, 0.6) is 0 Å². The molecule has 138 valence electrons. The molecule has 0 saturated carbocycles. The van der Waals surface area contributed by atoms with Gasteiger partial charge in [-0.15, -0.1) is 0 Å². The first-order valence-corrected chi connectivity index (χ1v) is 8.72. The van der Waals surface area contributed by atoms with Crippen LogP contribution in [0.1, 0.15) is 23.2 Å². The summed E-state index contributed by atoms with van der Waals surface area (Å²) in [7, 11) is 4.18. The molecule has 26 heavy (non-hydrogen) atoms. The second-order valence-electron chi connectivity index (χ2n) is 6.77. The van der Waals surface area contributed by atoms with Gasteiger partial charge in [-0.25, -0.2) is 8.78 Å². The van der Waals surface area contributed by atoms with Crippen molar-refractivity contribution in [3.63, 3.8) is 0 Å². The van der Waals surface area contributed by atoms with Crippen LogP contribution in [-0.4, -0.2) is 44.0 Å². The van der Waals surface area contributed by atoms with Gasteiger partial charge in [0.25, 0.3) is 5.91 Å². The molecule has 0 atom stereocenters. The van der Waals surface area contributed by atoms with E-state index in [-0.39, 0.29) is 5.56 Å². The zero-order valence-electron chi connectivity index (χ0n) is 15.0. The number of benzene rings is 2. The normalized spacial score (nSPS) is 15.7. The number of anilines is 2. The highest BCUT2D eigenvalue weighted by Gasteiger charge is 2.21. The molecule has 0 aliphatic carbocycles. The second kappa shape index (κ2) is 7.83. The fourth-order valence-electron chi connectivity index (χ4n) is 3.27. The van der Waals surface area contributed by atoms with Gasteiger partial charge in [0.05, 0.1) is 5.56 Å². The predicted octanol–water partition coefficient (Wildman–Crippen LogP) is 3.75. The Bertz CT molecular complexity index is 788. The summed E-state index contributed by atoms with van der Waals surface area (Å²) in [5.74, 6) is -2.18. The number of amides is 1. The fraction of sp³-hybridized carbons (Fsp3) is 0.350. The Hall–Kier alpha value is -2.47. The smallest absolute Gasteiger partial charge is 0.258 e. The molecule has 0 radical (unpaired) electrons. The Morgan fingerprint density at radius 2 is 1.88 bits per heavy atom. The number of piperidine rings is 1. The lowest BCUT2D eigenvalue weighted by molar-refractivity contribution is 0.102. The van der Waals surface area contributed by atoms with Crippen LogP contribution in [0.15, 0.2) is 42.5 Å². The highest BCUT2D eigenvalue weighted by Crippen LogP contribution is 2.25. The van der Waals surface area contributed by atoms with Crippen LogP contribution in [-0.2, 0) is 0 Å². The molecule has 1 fully saturated rings. The number of hydrogen-bond acceptors (Lipinski definition) is 3. The standard InChI is InChI=1S/C20H23F2N3O/c1-24-10-8-16(9-11-24)25(2)17-5-3-4-15(13-17)23-20(26)18-7-6-14(21)12-19(18)22/h3-7,12-13,16H,8-11H2,1-2H3,(H,23,26). The molecule has 6 heteroatoms. The van der Waals surface area contributed by atoms with Crippen LogP contribution in [0.4, 0.5) is 20.2 Å². The first kappa shape index (κ1) is 18.3. The molecule has 1 aliphatic rings. The van der Waals surface area contributed by atoms with Crippen LogP contribution in [0, 0.1) is 11.6 Å². The number of hydrogen-bond donors (Lipinski definition) is 1. The van der Waals surface area contributed by atoms with Crippen molar-refractivity contribution < 1.29 is 13.6 Å². The van der Waals surface area contributed by atoms with E-state index in [1.165, 1.54) is 0 Å². The number of nitrogens with zero attached hydrogens (tertiary/aromatic N) is 2. The molecule has 3 rings (SSSR count). The van der Waals surface area contributed by atoms with E-state index in [4.69, 9.17) is 0 Å². The summed E-state index contributed by atoms with van der Waals surface area (Å²) in [4.78, 5) is 16.8. The van der Waals surface area contributed by atoms with E-state index in [1.807, 2.05) is 18.2 Å². The molecule has 0 aromatic heterocycles. The maximum Gasteiger partial charge on any atom is 0.258 e. The quantitative estimate of drug-likeness (QED) is 0.903. The van der Waals surface area contributed by atoms with Crippen molar-refractivity contribution in [3.05, 3.63) is 59.7 Å². The van der Waals surface area contributed by atoms with Gasteiger partial charge in [-0.05, 0) is 63.3 Å². The molecule has 0 spiro atoms. The Morgan fingerprint density at radius 3 is 2.58 bits per heavy atom. The molecular weight excluding hydrogens is 336 g/mol. The molecule has 0 bridgehead atoms. The Balaban J connectivity index is 1.71. The van der Waals surface area contributed by atoms with Gasteiger partial charge >= 0.3 is 0 Å². The van der Waals surface area contributed by atoms with E-state index in [0.29, 0.717) is 17.8 Å². The summed E-state index contributed by atoms with van der Waals surface area (Å²) in [6.45, 7) is 2.13. The minimum atomic E-state index is -0.873. The van der Waals surface area contributed by atoms with Crippen LogP contribution in [0.25, 0.3) is 0 Å². The molecule has 1 N–H and O–H groups in total. The number of rotatable bonds is 4. The SMILES string of the molecule is CN1CCC(N(C)c2cccc(NC(=O)c3ccc(F)cc3F)c2)CC1. The number of likely N-dealkylation sites (tertiary alicyclic amines) is 1. The van der Waals surface area contributed by atoms with E-state index in [2.05, 4.69) is 29.2 Å². The summed E-state index contributed by atoms with van der Waals surface area (Å²) >= 11 is 0. The molecular formula is C20H23F2N3O. The Kier molecular flexibility index (Phi) is 5.52. The second-order valence-corrected chi connectivity index (χ2v) is 6.77. The summed E-state index contributed by atoms with van der Waals surface area (Å²) in [5, 5.41) is 2.69. The lowest BCUT2D eigenvalue weighted by Crippen LogP contribution is -2.42. The van der Waals surface area contributed by atoms with E-state index in [9.17, 15) is 13.6 Å². The Labute approximate surface area is 152 Å². The third-order valence-corrected chi connectivity index (χ3v) is 4.92. The average Bonchev–Trinajstić information content (AvgIpc) is 2.62. The molecule has 1 saturated heterocycles. The van der Waals surface area contributed by atoms with Crippen molar-refractivity contribution in [1.82, 2.24) is 4.90 Å². The van der Waals surface area contributed by atoms with E-state index >= 15 is 0 Å². The molecule has 0 unspecified atom stereocenters. The Morgan fingerprint density at radius 1 is 1.15 bits per heavy atom. The highest BCUT2D eigenvalue weighted by atomic mass is 19.1. The summed E-state index contributed by atoms with van der Waals surface area (Å²) in [6, 6.07) is 10.9. The van der Waals surface area contributed by atoms with Crippen molar-refractivity contribution in [2.75, 3.05) is 37.4 Å². The van der Waals surface area contributed by atoms with Gasteiger partial charge < -0.3 is 15.1 Å². The van der Waals surface area contributed by atoms with Gasteiger partial charge in [-0.3, -0.25) is 4.79 Å². The summed E-state index contributed by atoms with van der Waals surface area (Å²) in [6.07, 6.45) is 2.18. The van der Waals surface area contributed by atoms with Crippen molar-refractivity contribution in [2.24, 2.45) is 0 Å². The largest absolute Gasteiger partial charge is 0.371 e. The fourth-order valence-corrected chi connectivity index (χ4v) is 3.27. The molecule has 1 amide bonds. The number of halogens is 2. The zero-order chi connectivity index (χ0) is 18.7. The van der Waals surface area contributed by atoms with Crippen molar-refractivity contribution in [3.8, 4) is 0 Å². The minimum Gasteiger partial charge on any atom is -0.371 e. The van der Waals surface area contributed by atoms with Gasteiger partial charge in [0.2, 0.25) is 0 Å². The van der Waals surface area contributed by atoms with Crippen LogP contribution >= 0.6 is 0 Å². The topological polar surface area (TPSA) is 35.6 Å². The lowest BCUT2D eigenvalue weighted by atomic mass is 10.0. The van der Waals surface area contributed by atoms with Crippen molar-refractivity contribution in [2.45, 2.75) is 18.9 Å². The molecule has 2 aromatic carbocycles. The van der Waals surface area contributed by atoms with E-state index in [1.54, 1.807) is 6.07 Å². The van der Waals surface area contributed by atoms with Crippen molar-refractivity contribution in [1.29, 1.82) is 0 Å². The lowest BCUT2D eigenvalue weighted by Gasteiger charge is -2.36. The monoisotopic (exact) mass is 359 g/mol. The van der Waals surface area contributed by atoms with Crippen LogP contribution in [0.3, 0.4) is 0 Å². The van der Waals surface area contributed by atoms with Crippen LogP contribution < -0.4 is 10.2 Å². The summed E-state index contributed by atoms with van der Waals surface area (Å²) < 4.78 is 26.8. The average molecular weight is 359 g/mol. The van der Waals surface area contributed by atoms with Gasteiger partial charge in [0.15, 0.2) is 0 Å². The maximum atomic E-state index is 13.8. The highest BCUT2D eigenvalue weighted by molar-refractivity contribution is 6.04. The van der Waals surface area contributed by atoms with Gasteiger partial charge in [-0.2, -0.15) is 0 Å².